The fourth-order valence-electron chi connectivity index (χ4n) is 3.76. The lowest BCUT2D eigenvalue weighted by Gasteiger charge is -2.26. The third-order valence-corrected chi connectivity index (χ3v) is 5.76. The molecule has 1 atom stereocenters. The highest BCUT2D eigenvalue weighted by Crippen LogP contribution is 2.37. The van der Waals surface area contributed by atoms with Crippen molar-refractivity contribution in [1.82, 2.24) is 10.2 Å². The molecule has 1 fully saturated rings. The Morgan fingerprint density at radius 2 is 1.79 bits per heavy atom. The molecule has 0 spiro atoms. The molecule has 2 aromatic carbocycles. The van der Waals surface area contributed by atoms with Gasteiger partial charge in [0.2, 0.25) is 5.91 Å². The first-order valence-electron chi connectivity index (χ1n) is 9.84. The minimum atomic E-state index is -0.253. The summed E-state index contributed by atoms with van der Waals surface area (Å²) in [4.78, 5) is 27.0. The first-order chi connectivity index (χ1) is 14.1. The predicted molar refractivity (Wildman–Crippen MR) is 112 cm³/mol. The van der Waals surface area contributed by atoms with Gasteiger partial charge in [-0.1, -0.05) is 22.0 Å². The quantitative estimate of drug-likeness (QED) is 0.757. The lowest BCUT2D eigenvalue weighted by molar-refractivity contribution is -0.131. The number of nitrogens with zero attached hydrogens (tertiary/aromatic N) is 1. The summed E-state index contributed by atoms with van der Waals surface area (Å²) in [5.74, 6) is 1.16. The number of hydrogen-bond donors (Lipinski definition) is 1. The average Bonchev–Trinajstić information content (AvgIpc) is 3.11. The molecule has 0 radical (unpaired) electrons. The SMILES string of the molecule is O=C(NCC(=O)N1CCC[C@H]1c1ccc2c(c1)OCCCO2)c1ccc(Br)cc1. The predicted octanol–water partition coefficient (Wildman–Crippen LogP) is 3.70. The number of halogens is 1. The van der Waals surface area contributed by atoms with Crippen molar-refractivity contribution in [3.05, 3.63) is 58.1 Å². The summed E-state index contributed by atoms with van der Waals surface area (Å²) >= 11 is 3.35. The molecule has 2 aliphatic heterocycles. The third-order valence-electron chi connectivity index (χ3n) is 5.24. The van der Waals surface area contributed by atoms with E-state index in [2.05, 4.69) is 21.2 Å². The van der Waals surface area contributed by atoms with E-state index in [-0.39, 0.29) is 24.4 Å². The Morgan fingerprint density at radius 3 is 2.59 bits per heavy atom. The van der Waals surface area contributed by atoms with Crippen molar-refractivity contribution in [2.24, 2.45) is 0 Å². The Hall–Kier alpha value is -2.54. The molecule has 29 heavy (non-hydrogen) atoms. The molecule has 1 N–H and O–H groups in total. The van der Waals surface area contributed by atoms with Crippen LogP contribution in [-0.4, -0.2) is 43.0 Å². The molecule has 0 bridgehead atoms. The van der Waals surface area contributed by atoms with Crippen LogP contribution in [0.15, 0.2) is 46.9 Å². The maximum absolute atomic E-state index is 12.8. The molecule has 2 amide bonds. The van der Waals surface area contributed by atoms with E-state index in [0.29, 0.717) is 25.3 Å². The van der Waals surface area contributed by atoms with E-state index in [0.717, 1.165) is 40.8 Å². The highest BCUT2D eigenvalue weighted by Gasteiger charge is 2.30. The Morgan fingerprint density at radius 1 is 1.03 bits per heavy atom. The van der Waals surface area contributed by atoms with Gasteiger partial charge in [0, 0.05) is 23.0 Å². The number of fused-ring (bicyclic) bond motifs is 1. The van der Waals surface area contributed by atoms with Crippen LogP contribution in [0.2, 0.25) is 0 Å². The topological polar surface area (TPSA) is 67.9 Å². The van der Waals surface area contributed by atoms with Crippen LogP contribution in [0.4, 0.5) is 0 Å². The first-order valence-corrected chi connectivity index (χ1v) is 10.6. The van der Waals surface area contributed by atoms with E-state index in [1.54, 1.807) is 24.3 Å². The van der Waals surface area contributed by atoms with E-state index in [1.165, 1.54) is 0 Å². The standard InChI is InChI=1S/C22H23BrN2O4/c23-17-7-4-15(5-8-17)22(27)24-14-21(26)25-10-1-3-18(25)16-6-9-19-20(13-16)29-12-2-11-28-19/h4-9,13,18H,1-3,10-12,14H2,(H,24,27)/t18-/m0/s1. The molecule has 1 saturated heterocycles. The highest BCUT2D eigenvalue weighted by molar-refractivity contribution is 9.10. The number of hydrogen-bond acceptors (Lipinski definition) is 4. The Kier molecular flexibility index (Phi) is 6.04. The summed E-state index contributed by atoms with van der Waals surface area (Å²) in [6.07, 6.45) is 2.69. The second-order valence-corrected chi connectivity index (χ2v) is 8.11. The minimum Gasteiger partial charge on any atom is -0.490 e. The number of carbonyl (C=O) groups is 2. The van der Waals surface area contributed by atoms with E-state index in [4.69, 9.17) is 9.47 Å². The molecule has 0 aromatic heterocycles. The van der Waals surface area contributed by atoms with E-state index in [1.807, 2.05) is 23.1 Å². The Labute approximate surface area is 178 Å². The van der Waals surface area contributed by atoms with Crippen LogP contribution in [0.3, 0.4) is 0 Å². The van der Waals surface area contributed by atoms with Crippen molar-refractivity contribution >= 4 is 27.7 Å². The molecule has 0 unspecified atom stereocenters. The van der Waals surface area contributed by atoms with Gasteiger partial charge in [-0.3, -0.25) is 9.59 Å². The fraction of sp³-hybridized carbons (Fsp3) is 0.364. The van der Waals surface area contributed by atoms with Crippen LogP contribution in [0.1, 0.15) is 41.2 Å². The maximum Gasteiger partial charge on any atom is 0.251 e. The van der Waals surface area contributed by atoms with Crippen LogP contribution in [0, 0.1) is 0 Å². The molecule has 0 saturated carbocycles. The number of amides is 2. The van der Waals surface area contributed by atoms with Crippen LogP contribution in [0.25, 0.3) is 0 Å². The van der Waals surface area contributed by atoms with Gasteiger partial charge in [0.25, 0.3) is 5.91 Å². The van der Waals surface area contributed by atoms with Crippen LogP contribution in [0.5, 0.6) is 11.5 Å². The molecule has 4 rings (SSSR count). The van der Waals surface area contributed by atoms with E-state index < -0.39 is 0 Å². The van der Waals surface area contributed by atoms with Crippen molar-refractivity contribution < 1.29 is 19.1 Å². The van der Waals surface area contributed by atoms with Crippen molar-refractivity contribution in [3.63, 3.8) is 0 Å². The number of ether oxygens (including phenoxy) is 2. The zero-order valence-electron chi connectivity index (χ0n) is 16.0. The van der Waals surface area contributed by atoms with Gasteiger partial charge >= 0.3 is 0 Å². The minimum absolute atomic E-state index is 0.00997. The number of nitrogens with one attached hydrogen (secondary N) is 1. The first kappa shape index (κ1) is 19.8. The normalized spacial score (nSPS) is 18.2. The molecule has 2 aliphatic rings. The Balaban J connectivity index is 1.41. The van der Waals surface area contributed by atoms with Crippen LogP contribution < -0.4 is 14.8 Å². The number of likely N-dealkylation sites (tertiary alicyclic amines) is 1. The molecule has 7 heteroatoms. The van der Waals surface area contributed by atoms with Gasteiger partial charge in [-0.25, -0.2) is 0 Å². The maximum atomic E-state index is 12.8. The Bertz CT molecular complexity index is 900. The summed E-state index contributed by atoms with van der Waals surface area (Å²) in [6.45, 7) is 1.95. The van der Waals surface area contributed by atoms with Crippen molar-refractivity contribution in [1.29, 1.82) is 0 Å². The van der Waals surface area contributed by atoms with Crippen LogP contribution in [-0.2, 0) is 4.79 Å². The van der Waals surface area contributed by atoms with E-state index >= 15 is 0 Å². The average molecular weight is 459 g/mol. The van der Waals surface area contributed by atoms with Gasteiger partial charge in [-0.05, 0) is 54.8 Å². The van der Waals surface area contributed by atoms with E-state index in [9.17, 15) is 9.59 Å². The van der Waals surface area contributed by atoms with Gasteiger partial charge < -0.3 is 19.7 Å². The number of benzene rings is 2. The summed E-state index contributed by atoms with van der Waals surface area (Å²) in [6, 6.07) is 13.0. The van der Waals surface area contributed by atoms with Gasteiger partial charge in [-0.2, -0.15) is 0 Å². The highest BCUT2D eigenvalue weighted by atomic mass is 79.9. The number of rotatable bonds is 4. The zero-order valence-corrected chi connectivity index (χ0v) is 17.6. The van der Waals surface area contributed by atoms with Gasteiger partial charge in [0.15, 0.2) is 11.5 Å². The number of carbonyl (C=O) groups excluding carboxylic acids is 2. The summed E-state index contributed by atoms with van der Waals surface area (Å²) < 4.78 is 12.4. The smallest absolute Gasteiger partial charge is 0.251 e. The summed E-state index contributed by atoms with van der Waals surface area (Å²) in [7, 11) is 0. The molecule has 2 heterocycles. The third kappa shape index (κ3) is 4.56. The largest absolute Gasteiger partial charge is 0.490 e. The molecular weight excluding hydrogens is 436 g/mol. The molecule has 2 aromatic rings. The van der Waals surface area contributed by atoms with Crippen molar-refractivity contribution in [2.75, 3.05) is 26.3 Å². The monoisotopic (exact) mass is 458 g/mol. The van der Waals surface area contributed by atoms with Crippen LogP contribution >= 0.6 is 15.9 Å². The zero-order chi connectivity index (χ0) is 20.2. The molecule has 0 aliphatic carbocycles. The van der Waals surface area contributed by atoms with Gasteiger partial charge in [-0.15, -0.1) is 0 Å². The fourth-order valence-corrected chi connectivity index (χ4v) is 4.02. The van der Waals surface area contributed by atoms with Gasteiger partial charge in [0.05, 0.1) is 25.8 Å². The molecule has 6 nitrogen and oxygen atoms in total. The summed E-state index contributed by atoms with van der Waals surface area (Å²) in [5, 5.41) is 2.74. The second-order valence-electron chi connectivity index (χ2n) is 7.19. The second kappa shape index (κ2) is 8.86. The molecular formula is C22H23BrN2O4. The van der Waals surface area contributed by atoms with Crippen molar-refractivity contribution in [3.8, 4) is 11.5 Å². The lowest BCUT2D eigenvalue weighted by atomic mass is 10.0. The lowest BCUT2D eigenvalue weighted by Crippen LogP contribution is -2.39. The van der Waals surface area contributed by atoms with Gasteiger partial charge in [0.1, 0.15) is 0 Å². The molecule has 152 valence electrons. The summed E-state index contributed by atoms with van der Waals surface area (Å²) in [5.41, 5.74) is 1.57. The van der Waals surface area contributed by atoms with Crippen molar-refractivity contribution in [2.45, 2.75) is 25.3 Å².